The smallest absolute Gasteiger partial charge is 0.151 e. The zero-order valence-electron chi connectivity index (χ0n) is 10.6. The van der Waals surface area contributed by atoms with Crippen LogP contribution >= 0.6 is 0 Å². The van der Waals surface area contributed by atoms with Gasteiger partial charge < -0.3 is 9.47 Å². The van der Waals surface area contributed by atoms with Gasteiger partial charge in [-0.3, -0.25) is 4.79 Å². The minimum Gasteiger partial charge on any atom is -0.498 e. The first kappa shape index (κ1) is 11.3. The molecule has 3 nitrogen and oxygen atoms in total. The van der Waals surface area contributed by atoms with Crippen LogP contribution in [0.3, 0.4) is 0 Å². The molecule has 94 valence electrons. The zero-order valence-corrected chi connectivity index (χ0v) is 10.6. The molecule has 2 aliphatic rings. The standard InChI is InChI=1S/C15H16O3/c1-17-12-8-11-9-13(16)15(11,14(12)18-2)10-6-4-3-5-7-10/h3-7,11H,8-9H2,1-2H3. The lowest BCUT2D eigenvalue weighted by Crippen LogP contribution is -2.52. The predicted octanol–water partition coefficient (Wildman–Crippen LogP) is 2.42. The van der Waals surface area contributed by atoms with Crippen LogP contribution in [-0.2, 0) is 19.7 Å². The second-order valence-electron chi connectivity index (χ2n) is 4.86. The highest BCUT2D eigenvalue weighted by Gasteiger charge is 2.64. The lowest BCUT2D eigenvalue weighted by atomic mass is 9.57. The van der Waals surface area contributed by atoms with E-state index in [0.717, 1.165) is 17.7 Å². The number of ketones is 1. The van der Waals surface area contributed by atoms with Crippen molar-refractivity contribution >= 4 is 5.78 Å². The van der Waals surface area contributed by atoms with E-state index in [0.29, 0.717) is 12.2 Å². The van der Waals surface area contributed by atoms with Crippen LogP contribution in [0.4, 0.5) is 0 Å². The van der Waals surface area contributed by atoms with E-state index in [1.807, 2.05) is 30.3 Å². The van der Waals surface area contributed by atoms with Crippen LogP contribution in [0.5, 0.6) is 0 Å². The summed E-state index contributed by atoms with van der Waals surface area (Å²) in [5.74, 6) is 2.05. The second-order valence-corrected chi connectivity index (χ2v) is 4.86. The molecule has 0 amide bonds. The summed E-state index contributed by atoms with van der Waals surface area (Å²) in [5.41, 5.74) is 0.441. The molecule has 2 unspecified atom stereocenters. The number of ether oxygens (including phenoxy) is 2. The summed E-state index contributed by atoms with van der Waals surface area (Å²) >= 11 is 0. The Morgan fingerprint density at radius 1 is 1.11 bits per heavy atom. The van der Waals surface area contributed by atoms with Crippen molar-refractivity contribution in [1.29, 1.82) is 0 Å². The molecule has 1 saturated carbocycles. The summed E-state index contributed by atoms with van der Waals surface area (Å²) in [6, 6.07) is 9.89. The molecule has 0 saturated heterocycles. The van der Waals surface area contributed by atoms with E-state index < -0.39 is 5.41 Å². The van der Waals surface area contributed by atoms with E-state index in [-0.39, 0.29) is 11.7 Å². The highest BCUT2D eigenvalue weighted by molar-refractivity contribution is 6.00. The summed E-state index contributed by atoms with van der Waals surface area (Å²) in [7, 11) is 3.26. The molecule has 2 atom stereocenters. The van der Waals surface area contributed by atoms with Gasteiger partial charge in [0.1, 0.15) is 11.2 Å². The average molecular weight is 244 g/mol. The molecule has 0 radical (unpaired) electrons. The van der Waals surface area contributed by atoms with Gasteiger partial charge in [-0.2, -0.15) is 0 Å². The van der Waals surface area contributed by atoms with Gasteiger partial charge in [0.15, 0.2) is 11.5 Å². The first-order valence-electron chi connectivity index (χ1n) is 6.15. The molecule has 1 aromatic carbocycles. The third kappa shape index (κ3) is 1.17. The Bertz CT molecular complexity index is 518. The van der Waals surface area contributed by atoms with Crippen LogP contribution in [0, 0.1) is 5.92 Å². The maximum atomic E-state index is 12.3. The number of Topliss-reactive ketones (excluding diaryl/α,β-unsaturated/α-hetero) is 1. The highest BCUT2D eigenvalue weighted by atomic mass is 16.5. The van der Waals surface area contributed by atoms with Gasteiger partial charge in [0.2, 0.25) is 0 Å². The third-order valence-electron chi connectivity index (χ3n) is 4.21. The van der Waals surface area contributed by atoms with Crippen LogP contribution in [0.15, 0.2) is 41.9 Å². The summed E-state index contributed by atoms with van der Waals surface area (Å²) in [4.78, 5) is 12.3. The van der Waals surface area contributed by atoms with Crippen molar-refractivity contribution in [2.75, 3.05) is 14.2 Å². The molecule has 0 bridgehead atoms. The predicted molar refractivity (Wildman–Crippen MR) is 66.9 cm³/mol. The zero-order chi connectivity index (χ0) is 12.8. The second kappa shape index (κ2) is 3.87. The van der Waals surface area contributed by atoms with E-state index in [1.165, 1.54) is 0 Å². The maximum absolute atomic E-state index is 12.3. The van der Waals surface area contributed by atoms with Crippen LogP contribution in [0.2, 0.25) is 0 Å². The molecular weight excluding hydrogens is 228 g/mol. The van der Waals surface area contributed by atoms with E-state index in [1.54, 1.807) is 14.2 Å². The van der Waals surface area contributed by atoms with Crippen molar-refractivity contribution in [3.05, 3.63) is 47.4 Å². The summed E-state index contributed by atoms with van der Waals surface area (Å²) < 4.78 is 10.9. The van der Waals surface area contributed by atoms with Crippen molar-refractivity contribution in [3.8, 4) is 0 Å². The van der Waals surface area contributed by atoms with Crippen molar-refractivity contribution in [2.24, 2.45) is 5.92 Å². The van der Waals surface area contributed by atoms with Crippen LogP contribution in [0.1, 0.15) is 18.4 Å². The molecule has 1 fully saturated rings. The number of allylic oxidation sites excluding steroid dienone is 2. The number of hydrogen-bond donors (Lipinski definition) is 0. The fourth-order valence-electron chi connectivity index (χ4n) is 3.39. The Morgan fingerprint density at radius 2 is 1.83 bits per heavy atom. The summed E-state index contributed by atoms with van der Waals surface area (Å²) in [5, 5.41) is 0. The Morgan fingerprint density at radius 3 is 2.39 bits per heavy atom. The maximum Gasteiger partial charge on any atom is 0.151 e. The molecule has 3 heteroatoms. The van der Waals surface area contributed by atoms with Gasteiger partial charge in [-0.25, -0.2) is 0 Å². The Kier molecular flexibility index (Phi) is 2.44. The molecule has 0 aromatic heterocycles. The molecule has 0 aliphatic heterocycles. The molecule has 2 aliphatic carbocycles. The third-order valence-corrected chi connectivity index (χ3v) is 4.21. The van der Waals surface area contributed by atoms with E-state index >= 15 is 0 Å². The number of fused-ring (bicyclic) bond motifs is 1. The van der Waals surface area contributed by atoms with Crippen molar-refractivity contribution in [2.45, 2.75) is 18.3 Å². The summed E-state index contributed by atoms with van der Waals surface area (Å²) in [6.07, 6.45) is 1.41. The topological polar surface area (TPSA) is 35.5 Å². The normalized spacial score (nSPS) is 29.9. The molecule has 3 rings (SSSR count). The number of carbonyl (C=O) groups is 1. The van der Waals surface area contributed by atoms with Crippen molar-refractivity contribution in [3.63, 3.8) is 0 Å². The number of benzene rings is 1. The first-order valence-corrected chi connectivity index (χ1v) is 6.15. The van der Waals surface area contributed by atoms with Crippen LogP contribution < -0.4 is 0 Å². The van der Waals surface area contributed by atoms with Gasteiger partial charge in [0.25, 0.3) is 0 Å². The quantitative estimate of drug-likeness (QED) is 0.819. The fraction of sp³-hybridized carbons (Fsp3) is 0.400. The summed E-state index contributed by atoms with van der Waals surface area (Å²) in [6.45, 7) is 0. The van der Waals surface area contributed by atoms with E-state index in [9.17, 15) is 4.79 Å². The van der Waals surface area contributed by atoms with E-state index in [4.69, 9.17) is 9.47 Å². The Hall–Kier alpha value is -1.77. The van der Waals surface area contributed by atoms with Crippen molar-refractivity contribution in [1.82, 2.24) is 0 Å². The van der Waals surface area contributed by atoms with Gasteiger partial charge in [-0.15, -0.1) is 0 Å². The molecule has 1 aromatic rings. The van der Waals surface area contributed by atoms with Crippen molar-refractivity contribution < 1.29 is 14.3 Å². The van der Waals surface area contributed by atoms with Crippen LogP contribution in [-0.4, -0.2) is 20.0 Å². The van der Waals surface area contributed by atoms with Gasteiger partial charge in [-0.1, -0.05) is 30.3 Å². The first-order chi connectivity index (χ1) is 8.75. The molecule has 0 N–H and O–H groups in total. The lowest BCUT2D eigenvalue weighted by molar-refractivity contribution is -0.136. The largest absolute Gasteiger partial charge is 0.498 e. The molecule has 0 spiro atoms. The van der Waals surface area contributed by atoms with Gasteiger partial charge in [-0.05, 0) is 11.5 Å². The van der Waals surface area contributed by atoms with E-state index in [2.05, 4.69) is 0 Å². The average Bonchev–Trinajstić information content (AvgIpc) is 2.67. The minimum absolute atomic E-state index is 0.239. The van der Waals surface area contributed by atoms with Crippen LogP contribution in [0.25, 0.3) is 0 Å². The molecular formula is C15H16O3. The number of methoxy groups -OCH3 is 2. The molecule has 0 heterocycles. The fourth-order valence-corrected chi connectivity index (χ4v) is 3.39. The number of rotatable bonds is 3. The number of carbonyl (C=O) groups excluding carboxylic acids is 1. The minimum atomic E-state index is -0.582. The Labute approximate surface area is 106 Å². The molecule has 18 heavy (non-hydrogen) atoms. The van der Waals surface area contributed by atoms with Gasteiger partial charge in [0.05, 0.1) is 14.2 Å². The number of hydrogen-bond acceptors (Lipinski definition) is 3. The van der Waals surface area contributed by atoms with Gasteiger partial charge in [0, 0.05) is 12.8 Å². The van der Waals surface area contributed by atoms with Gasteiger partial charge >= 0.3 is 0 Å². The highest BCUT2D eigenvalue weighted by Crippen LogP contribution is 2.59. The Balaban J connectivity index is 2.18. The SMILES string of the molecule is COC1=C(OC)C2(c3ccccc3)C(=O)CC2C1. The lowest BCUT2D eigenvalue weighted by Gasteiger charge is -2.44. The monoisotopic (exact) mass is 244 g/mol.